The summed E-state index contributed by atoms with van der Waals surface area (Å²) < 4.78 is 59.4. The summed E-state index contributed by atoms with van der Waals surface area (Å²) in [7, 11) is -4.35. The molecule has 0 heterocycles. The monoisotopic (exact) mass is 346 g/mol. The number of hydrogen-bond acceptors (Lipinski definition) is 6. The number of hydrogen-bond donors (Lipinski definition) is 1. The zero-order valence-corrected chi connectivity index (χ0v) is 12.2. The third-order valence-electron chi connectivity index (χ3n) is 2.23. The molecule has 0 aliphatic rings. The van der Waals surface area contributed by atoms with E-state index in [1.54, 1.807) is 0 Å². The maximum atomic E-state index is 12.5. The summed E-state index contributed by atoms with van der Waals surface area (Å²) in [6.07, 6.45) is 0. The van der Waals surface area contributed by atoms with E-state index in [0.717, 1.165) is 12.1 Å². The first kappa shape index (κ1) is 16.7. The zero-order chi connectivity index (χ0) is 15.7. The van der Waals surface area contributed by atoms with Crippen LogP contribution in [-0.2, 0) is 25.3 Å². The van der Waals surface area contributed by atoms with Crippen molar-refractivity contribution in [1.82, 2.24) is 0 Å². The van der Waals surface area contributed by atoms with Crippen LogP contribution < -0.4 is 4.18 Å². The largest absolute Gasteiger partial charge is 0.488 e. The van der Waals surface area contributed by atoms with E-state index < -0.39 is 42.6 Å². The Hall–Kier alpha value is -1.39. The van der Waals surface area contributed by atoms with E-state index in [9.17, 15) is 25.5 Å². The molecule has 0 aliphatic carbocycles. The van der Waals surface area contributed by atoms with Crippen LogP contribution in [0, 0.1) is 6.92 Å². The Morgan fingerprint density at radius 1 is 1.35 bits per heavy atom. The molecule has 0 spiro atoms. The number of carboxylic acid groups (broad SMARTS) is 1. The summed E-state index contributed by atoms with van der Waals surface area (Å²) in [6, 6.07) is 1.74. The highest BCUT2D eigenvalue weighted by Gasteiger charge is 2.20. The van der Waals surface area contributed by atoms with E-state index in [1.165, 1.54) is 6.92 Å². The van der Waals surface area contributed by atoms with Crippen molar-refractivity contribution in [1.29, 1.82) is 0 Å². The van der Waals surface area contributed by atoms with Gasteiger partial charge in [-0.3, -0.25) is 0 Å². The van der Waals surface area contributed by atoms with Gasteiger partial charge in [-0.1, -0.05) is 3.89 Å². The van der Waals surface area contributed by atoms with Crippen molar-refractivity contribution in [3.8, 4) is 5.75 Å². The van der Waals surface area contributed by atoms with Gasteiger partial charge in [0, 0.05) is 10.7 Å². The maximum Gasteiger partial charge on any atom is 0.488 e. The normalized spacial score (nSPS) is 12.2. The molecule has 0 saturated heterocycles. The average molecular weight is 347 g/mol. The Kier molecular flexibility index (Phi) is 4.62. The van der Waals surface area contributed by atoms with Gasteiger partial charge in [0.1, 0.15) is 5.75 Å². The minimum atomic E-state index is -5.38. The molecule has 0 fully saturated rings. The second kappa shape index (κ2) is 5.54. The van der Waals surface area contributed by atoms with Crippen LogP contribution in [0.5, 0.6) is 5.75 Å². The summed E-state index contributed by atoms with van der Waals surface area (Å²) >= 11 is 0. The third kappa shape index (κ3) is 4.94. The Bertz CT molecular complexity index is 699. The first-order valence-electron chi connectivity index (χ1n) is 4.82. The van der Waals surface area contributed by atoms with Crippen molar-refractivity contribution in [2.75, 3.05) is 0 Å². The lowest BCUT2D eigenvalue weighted by molar-refractivity contribution is 0.0696. The smallest absolute Gasteiger partial charge is 0.478 e. The number of benzene rings is 1. The van der Waals surface area contributed by atoms with Crippen molar-refractivity contribution in [2.45, 2.75) is 12.7 Å². The summed E-state index contributed by atoms with van der Waals surface area (Å²) in [5, 5.41) is 8.84. The van der Waals surface area contributed by atoms with Crippen LogP contribution in [0.2, 0.25) is 0 Å². The zero-order valence-electron chi connectivity index (χ0n) is 9.83. The molecule has 20 heavy (non-hydrogen) atoms. The fourth-order valence-corrected chi connectivity index (χ4v) is 2.81. The molecule has 0 aliphatic heterocycles. The van der Waals surface area contributed by atoms with Crippen LogP contribution in [0.15, 0.2) is 12.1 Å². The number of aromatic carboxylic acids is 1. The lowest BCUT2D eigenvalue weighted by Gasteiger charge is -2.10. The van der Waals surface area contributed by atoms with Crippen molar-refractivity contribution in [3.05, 3.63) is 28.8 Å². The van der Waals surface area contributed by atoms with Gasteiger partial charge in [0.15, 0.2) is 0 Å². The average Bonchev–Trinajstić information content (AvgIpc) is 2.19. The van der Waals surface area contributed by atoms with E-state index in [4.69, 9.17) is 15.8 Å². The van der Waals surface area contributed by atoms with Crippen LogP contribution in [0.1, 0.15) is 21.5 Å². The van der Waals surface area contributed by atoms with E-state index >= 15 is 0 Å². The fourth-order valence-electron chi connectivity index (χ4n) is 1.40. The van der Waals surface area contributed by atoms with Crippen molar-refractivity contribution in [2.24, 2.45) is 0 Å². The Labute approximate surface area is 118 Å². The van der Waals surface area contributed by atoms with E-state index in [0.29, 0.717) is 0 Å². The first-order chi connectivity index (χ1) is 8.89. The van der Waals surface area contributed by atoms with Gasteiger partial charge in [0.05, 0.1) is 11.3 Å². The Morgan fingerprint density at radius 2 is 1.90 bits per heavy atom. The van der Waals surface area contributed by atoms with Crippen molar-refractivity contribution < 1.29 is 34.8 Å². The molecule has 0 saturated carbocycles. The van der Waals surface area contributed by atoms with Gasteiger partial charge in [-0.25, -0.2) is 13.2 Å². The van der Waals surface area contributed by atoms with E-state index in [2.05, 4.69) is 4.18 Å². The number of carbonyl (C=O) groups is 1. The highest BCUT2D eigenvalue weighted by molar-refractivity contribution is 8.13. The molecular formula is C9H8ClFO7S2. The highest BCUT2D eigenvalue weighted by Crippen LogP contribution is 2.28. The number of carboxylic acids is 1. The summed E-state index contributed by atoms with van der Waals surface area (Å²) in [5.41, 5.74) is -0.636. The molecule has 0 amide bonds. The molecule has 1 aromatic carbocycles. The molecule has 1 rings (SSSR count). The molecule has 0 bridgehead atoms. The van der Waals surface area contributed by atoms with Crippen LogP contribution in [-0.4, -0.2) is 27.9 Å². The lowest BCUT2D eigenvalue weighted by Crippen LogP contribution is -2.08. The first-order valence-corrected chi connectivity index (χ1v) is 8.61. The van der Waals surface area contributed by atoms with Crippen molar-refractivity contribution >= 4 is 36.2 Å². The fraction of sp³-hybridized carbons (Fsp3) is 0.222. The SMILES string of the molecule is Cc1c(CS(=O)(=O)Cl)cc(C(=O)O)cc1OS(=O)(=O)F. The minimum absolute atomic E-state index is 0.0551. The van der Waals surface area contributed by atoms with Gasteiger partial charge in [-0.2, -0.15) is 8.42 Å². The van der Waals surface area contributed by atoms with Gasteiger partial charge in [0.2, 0.25) is 9.05 Å². The van der Waals surface area contributed by atoms with Crippen LogP contribution in [0.4, 0.5) is 3.89 Å². The molecule has 1 aromatic rings. The number of halogens is 2. The maximum absolute atomic E-state index is 12.5. The predicted octanol–water partition coefficient (Wildman–Crippen LogP) is 1.35. The quantitative estimate of drug-likeness (QED) is 0.800. The van der Waals surface area contributed by atoms with Gasteiger partial charge in [0.25, 0.3) is 0 Å². The van der Waals surface area contributed by atoms with Crippen LogP contribution in [0.3, 0.4) is 0 Å². The molecule has 1 N–H and O–H groups in total. The topological polar surface area (TPSA) is 115 Å². The van der Waals surface area contributed by atoms with Crippen molar-refractivity contribution in [3.63, 3.8) is 0 Å². The molecule has 0 aromatic heterocycles. The standard InChI is InChI=1S/C9H8ClFO7S2/c1-5-7(4-19(10,14)15)2-6(9(12)13)3-8(5)18-20(11,16)17/h2-3H,4H2,1H3,(H,12,13). The van der Waals surface area contributed by atoms with Gasteiger partial charge in [-0.05, 0) is 30.2 Å². The number of rotatable bonds is 5. The summed E-state index contributed by atoms with van der Waals surface area (Å²) in [6.45, 7) is 1.24. The molecule has 0 radical (unpaired) electrons. The Balaban J connectivity index is 3.48. The molecule has 7 nitrogen and oxygen atoms in total. The second-order valence-electron chi connectivity index (χ2n) is 3.72. The molecule has 0 atom stereocenters. The van der Waals surface area contributed by atoms with E-state index in [1.807, 2.05) is 0 Å². The second-order valence-corrected chi connectivity index (χ2v) is 7.45. The molecule has 0 unspecified atom stereocenters. The van der Waals surface area contributed by atoms with Crippen LogP contribution >= 0.6 is 10.7 Å². The van der Waals surface area contributed by atoms with Gasteiger partial charge >= 0.3 is 16.5 Å². The lowest BCUT2D eigenvalue weighted by atomic mass is 10.1. The third-order valence-corrected chi connectivity index (χ3v) is 3.59. The molecule has 112 valence electrons. The minimum Gasteiger partial charge on any atom is -0.478 e. The molecule has 11 heteroatoms. The predicted molar refractivity (Wildman–Crippen MR) is 67.3 cm³/mol. The van der Waals surface area contributed by atoms with E-state index in [-0.39, 0.29) is 11.1 Å². The van der Waals surface area contributed by atoms with Gasteiger partial charge in [-0.15, -0.1) is 0 Å². The molecular weight excluding hydrogens is 339 g/mol. The van der Waals surface area contributed by atoms with Crippen LogP contribution in [0.25, 0.3) is 0 Å². The summed E-state index contributed by atoms with van der Waals surface area (Å²) in [5.74, 6) is -2.86. The summed E-state index contributed by atoms with van der Waals surface area (Å²) in [4.78, 5) is 10.9. The van der Waals surface area contributed by atoms with Gasteiger partial charge < -0.3 is 9.29 Å². The Morgan fingerprint density at radius 3 is 2.30 bits per heavy atom. The highest BCUT2D eigenvalue weighted by atomic mass is 35.7.